The van der Waals surface area contributed by atoms with Crippen molar-refractivity contribution >= 4 is 11.0 Å². The SMILES string of the molecule is CCC1CCCC1NC(C)c1nc2ccccc2[nH]1. The summed E-state index contributed by atoms with van der Waals surface area (Å²) in [6, 6.07) is 9.19. The molecule has 0 amide bonds. The first-order chi connectivity index (χ1) is 9.28. The summed E-state index contributed by atoms with van der Waals surface area (Å²) >= 11 is 0. The molecule has 0 spiro atoms. The minimum Gasteiger partial charge on any atom is -0.341 e. The van der Waals surface area contributed by atoms with E-state index in [9.17, 15) is 0 Å². The molecule has 1 aromatic carbocycles. The van der Waals surface area contributed by atoms with Crippen molar-refractivity contribution in [2.45, 2.75) is 51.6 Å². The molecule has 1 aliphatic rings. The Morgan fingerprint density at radius 1 is 1.37 bits per heavy atom. The third-order valence-corrected chi connectivity index (χ3v) is 4.47. The second kappa shape index (κ2) is 5.33. The van der Waals surface area contributed by atoms with Gasteiger partial charge in [0.15, 0.2) is 0 Å². The number of para-hydroxylation sites is 2. The van der Waals surface area contributed by atoms with E-state index >= 15 is 0 Å². The Bertz CT molecular complexity index is 513. The van der Waals surface area contributed by atoms with Crippen molar-refractivity contribution in [1.29, 1.82) is 0 Å². The second-order valence-corrected chi connectivity index (χ2v) is 5.73. The van der Waals surface area contributed by atoms with Gasteiger partial charge in [-0.15, -0.1) is 0 Å². The first-order valence-electron chi connectivity index (χ1n) is 7.48. The molecule has 0 saturated heterocycles. The van der Waals surface area contributed by atoms with E-state index in [1.807, 2.05) is 12.1 Å². The summed E-state index contributed by atoms with van der Waals surface area (Å²) in [5, 5.41) is 3.76. The molecule has 3 nitrogen and oxygen atoms in total. The van der Waals surface area contributed by atoms with E-state index in [1.165, 1.54) is 25.7 Å². The highest BCUT2D eigenvalue weighted by atomic mass is 15.0. The predicted octanol–water partition coefficient (Wildman–Crippen LogP) is 3.79. The van der Waals surface area contributed by atoms with Crippen LogP contribution < -0.4 is 5.32 Å². The fourth-order valence-corrected chi connectivity index (χ4v) is 3.32. The van der Waals surface area contributed by atoms with Crippen LogP contribution in [0.5, 0.6) is 0 Å². The second-order valence-electron chi connectivity index (χ2n) is 5.73. The van der Waals surface area contributed by atoms with Gasteiger partial charge in [0.1, 0.15) is 5.82 Å². The molecule has 0 radical (unpaired) electrons. The normalized spacial score (nSPS) is 24.9. The van der Waals surface area contributed by atoms with Crippen LogP contribution in [0.15, 0.2) is 24.3 Å². The van der Waals surface area contributed by atoms with E-state index < -0.39 is 0 Å². The molecule has 3 rings (SSSR count). The Hall–Kier alpha value is -1.35. The summed E-state index contributed by atoms with van der Waals surface area (Å²) in [7, 11) is 0. The van der Waals surface area contributed by atoms with Crippen LogP contribution in [0.25, 0.3) is 11.0 Å². The first-order valence-corrected chi connectivity index (χ1v) is 7.48. The van der Waals surface area contributed by atoms with Crippen LogP contribution in [0.2, 0.25) is 0 Å². The van der Waals surface area contributed by atoms with Gasteiger partial charge in [-0.05, 0) is 37.8 Å². The average molecular weight is 257 g/mol. The van der Waals surface area contributed by atoms with Gasteiger partial charge in [-0.25, -0.2) is 4.98 Å². The van der Waals surface area contributed by atoms with Crippen molar-refractivity contribution in [3.05, 3.63) is 30.1 Å². The van der Waals surface area contributed by atoms with Crippen molar-refractivity contribution in [2.75, 3.05) is 0 Å². The molecule has 1 saturated carbocycles. The summed E-state index contributed by atoms with van der Waals surface area (Å²) in [5.74, 6) is 1.90. The lowest BCUT2D eigenvalue weighted by atomic mass is 10.00. The standard InChI is InChI=1S/C16H23N3/c1-3-12-7-6-10-13(12)17-11(2)16-18-14-8-4-5-9-15(14)19-16/h4-5,8-9,11-13,17H,3,6-7,10H2,1-2H3,(H,18,19). The van der Waals surface area contributed by atoms with Gasteiger partial charge in [0, 0.05) is 6.04 Å². The van der Waals surface area contributed by atoms with Crippen LogP contribution >= 0.6 is 0 Å². The van der Waals surface area contributed by atoms with Crippen molar-refractivity contribution in [3.8, 4) is 0 Å². The van der Waals surface area contributed by atoms with Crippen LogP contribution in [0, 0.1) is 5.92 Å². The summed E-state index contributed by atoms with van der Waals surface area (Å²) in [4.78, 5) is 8.12. The topological polar surface area (TPSA) is 40.7 Å². The number of nitrogens with zero attached hydrogens (tertiary/aromatic N) is 1. The molecule has 1 fully saturated rings. The average Bonchev–Trinajstić information content (AvgIpc) is 3.03. The van der Waals surface area contributed by atoms with E-state index in [1.54, 1.807) is 0 Å². The fourth-order valence-electron chi connectivity index (χ4n) is 3.32. The number of fused-ring (bicyclic) bond motifs is 1. The molecular formula is C16H23N3. The third-order valence-electron chi connectivity index (χ3n) is 4.47. The number of nitrogens with one attached hydrogen (secondary N) is 2. The number of aromatic amines is 1. The lowest BCUT2D eigenvalue weighted by Crippen LogP contribution is -2.34. The third kappa shape index (κ3) is 2.52. The minimum atomic E-state index is 0.296. The zero-order chi connectivity index (χ0) is 13.2. The zero-order valence-corrected chi connectivity index (χ0v) is 11.8. The Labute approximate surface area is 114 Å². The highest BCUT2D eigenvalue weighted by molar-refractivity contribution is 5.74. The Morgan fingerprint density at radius 2 is 2.21 bits per heavy atom. The molecule has 3 unspecified atom stereocenters. The lowest BCUT2D eigenvalue weighted by Gasteiger charge is -2.23. The smallest absolute Gasteiger partial charge is 0.124 e. The lowest BCUT2D eigenvalue weighted by molar-refractivity contribution is 0.355. The number of hydrogen-bond donors (Lipinski definition) is 2. The van der Waals surface area contributed by atoms with Gasteiger partial charge in [0.2, 0.25) is 0 Å². The maximum absolute atomic E-state index is 4.69. The molecule has 1 aliphatic carbocycles. The molecular weight excluding hydrogens is 234 g/mol. The van der Waals surface area contributed by atoms with Gasteiger partial charge in [0.05, 0.1) is 17.1 Å². The summed E-state index contributed by atoms with van der Waals surface area (Å²) in [6.07, 6.45) is 5.33. The van der Waals surface area contributed by atoms with Gasteiger partial charge < -0.3 is 10.3 Å². The van der Waals surface area contributed by atoms with Crippen LogP contribution in [0.1, 0.15) is 51.4 Å². The van der Waals surface area contributed by atoms with Gasteiger partial charge in [-0.1, -0.05) is 31.9 Å². The molecule has 102 valence electrons. The molecule has 1 heterocycles. The predicted molar refractivity (Wildman–Crippen MR) is 79.1 cm³/mol. The molecule has 3 heteroatoms. The molecule has 2 N–H and O–H groups in total. The number of aromatic nitrogens is 2. The highest BCUT2D eigenvalue weighted by Crippen LogP contribution is 2.30. The Morgan fingerprint density at radius 3 is 3.00 bits per heavy atom. The van der Waals surface area contributed by atoms with Crippen molar-refractivity contribution in [2.24, 2.45) is 5.92 Å². The van der Waals surface area contributed by atoms with Gasteiger partial charge in [-0.2, -0.15) is 0 Å². The van der Waals surface area contributed by atoms with Gasteiger partial charge in [-0.3, -0.25) is 0 Å². The summed E-state index contributed by atoms with van der Waals surface area (Å²) in [6.45, 7) is 4.51. The van der Waals surface area contributed by atoms with E-state index in [2.05, 4.69) is 41.3 Å². The van der Waals surface area contributed by atoms with Gasteiger partial charge in [0.25, 0.3) is 0 Å². The largest absolute Gasteiger partial charge is 0.341 e. The zero-order valence-electron chi connectivity index (χ0n) is 11.8. The number of rotatable bonds is 4. The van der Waals surface area contributed by atoms with Crippen LogP contribution in [-0.4, -0.2) is 16.0 Å². The minimum absolute atomic E-state index is 0.296. The van der Waals surface area contributed by atoms with E-state index in [0.29, 0.717) is 12.1 Å². The first kappa shape index (κ1) is 12.7. The Balaban J connectivity index is 1.74. The molecule has 1 aromatic heterocycles. The molecule has 19 heavy (non-hydrogen) atoms. The van der Waals surface area contributed by atoms with Gasteiger partial charge >= 0.3 is 0 Å². The maximum atomic E-state index is 4.69. The monoisotopic (exact) mass is 257 g/mol. The van der Waals surface area contributed by atoms with Crippen LogP contribution in [0.4, 0.5) is 0 Å². The van der Waals surface area contributed by atoms with E-state index in [4.69, 9.17) is 0 Å². The van der Waals surface area contributed by atoms with Crippen molar-refractivity contribution in [1.82, 2.24) is 15.3 Å². The summed E-state index contributed by atoms with van der Waals surface area (Å²) < 4.78 is 0. The van der Waals surface area contributed by atoms with Crippen molar-refractivity contribution < 1.29 is 0 Å². The van der Waals surface area contributed by atoms with E-state index in [-0.39, 0.29) is 0 Å². The summed E-state index contributed by atoms with van der Waals surface area (Å²) in [5.41, 5.74) is 2.19. The fraction of sp³-hybridized carbons (Fsp3) is 0.562. The number of imidazole rings is 1. The number of benzene rings is 1. The van der Waals surface area contributed by atoms with Crippen LogP contribution in [-0.2, 0) is 0 Å². The quantitative estimate of drug-likeness (QED) is 0.875. The molecule has 3 atom stereocenters. The molecule has 0 aliphatic heterocycles. The maximum Gasteiger partial charge on any atom is 0.124 e. The molecule has 2 aromatic rings. The van der Waals surface area contributed by atoms with Crippen molar-refractivity contribution in [3.63, 3.8) is 0 Å². The number of hydrogen-bond acceptors (Lipinski definition) is 2. The van der Waals surface area contributed by atoms with E-state index in [0.717, 1.165) is 22.8 Å². The Kier molecular flexibility index (Phi) is 3.56. The van der Waals surface area contributed by atoms with Crippen LogP contribution in [0.3, 0.4) is 0 Å². The molecule has 0 bridgehead atoms. The number of H-pyrrole nitrogens is 1. The highest BCUT2D eigenvalue weighted by Gasteiger charge is 2.27.